The zero-order valence-corrected chi connectivity index (χ0v) is 14.2. The normalized spacial score (nSPS) is 12.2. The summed E-state index contributed by atoms with van der Waals surface area (Å²) in [4.78, 5) is 2.03. The molecule has 2 nitrogen and oxygen atoms in total. The average molecular weight is 330 g/mol. The number of halogens is 2. The topological polar surface area (TPSA) is 15.3 Å². The molecule has 0 heterocycles. The molecule has 0 bridgehead atoms. The van der Waals surface area contributed by atoms with E-state index in [4.69, 9.17) is 0 Å². The molecule has 1 unspecified atom stereocenters. The lowest BCUT2D eigenvalue weighted by Gasteiger charge is -2.27. The van der Waals surface area contributed by atoms with E-state index in [1.165, 1.54) is 17.7 Å². The van der Waals surface area contributed by atoms with Gasteiger partial charge in [-0.15, -0.1) is 0 Å². The lowest BCUT2D eigenvalue weighted by atomic mass is 10.0. The van der Waals surface area contributed by atoms with Gasteiger partial charge in [0.25, 0.3) is 0 Å². The van der Waals surface area contributed by atoms with Gasteiger partial charge in [-0.05, 0) is 50.2 Å². The van der Waals surface area contributed by atoms with E-state index < -0.39 is 11.6 Å². The Balaban J connectivity index is 1.93. The maximum atomic E-state index is 13.4. The first-order valence-corrected chi connectivity index (χ1v) is 8.04. The number of nitrogens with one attached hydrogen (secondary N) is 1. The summed E-state index contributed by atoms with van der Waals surface area (Å²) < 4.78 is 26.5. The second-order valence-corrected chi connectivity index (χ2v) is 6.12. The van der Waals surface area contributed by atoms with E-state index in [2.05, 4.69) is 24.0 Å². The maximum Gasteiger partial charge on any atom is 0.159 e. The molecule has 0 amide bonds. The van der Waals surface area contributed by atoms with Gasteiger partial charge in [0.15, 0.2) is 11.6 Å². The highest BCUT2D eigenvalue weighted by molar-refractivity contribution is 5.22. The summed E-state index contributed by atoms with van der Waals surface area (Å²) >= 11 is 0. The standard InChI is InChI=1S/C20H24F2N2/c1-15(23-12-11-16-7-5-4-6-8-16)20(24(2)3)14-17-9-10-18(21)19(22)13-17/h4-10,13,20,23H,1,11-12,14H2,2-3H3. The van der Waals surface area contributed by atoms with Crippen LogP contribution in [0.5, 0.6) is 0 Å². The van der Waals surface area contributed by atoms with Crippen molar-refractivity contribution < 1.29 is 8.78 Å². The fourth-order valence-electron chi connectivity index (χ4n) is 2.64. The summed E-state index contributed by atoms with van der Waals surface area (Å²) in [6, 6.07) is 14.3. The van der Waals surface area contributed by atoms with E-state index in [1.54, 1.807) is 6.07 Å². The summed E-state index contributed by atoms with van der Waals surface area (Å²) in [6.45, 7) is 4.91. The number of rotatable bonds is 8. The predicted octanol–water partition coefficient (Wildman–Crippen LogP) is 3.78. The van der Waals surface area contributed by atoms with Crippen LogP contribution in [0.15, 0.2) is 60.8 Å². The third kappa shape index (κ3) is 5.17. The third-order valence-electron chi connectivity index (χ3n) is 4.05. The Hall–Kier alpha value is -2.20. The highest BCUT2D eigenvalue weighted by Crippen LogP contribution is 2.15. The lowest BCUT2D eigenvalue weighted by molar-refractivity contribution is 0.316. The van der Waals surface area contributed by atoms with Gasteiger partial charge in [0.1, 0.15) is 0 Å². The molecule has 0 aliphatic rings. The molecule has 4 heteroatoms. The van der Waals surface area contributed by atoms with Crippen LogP contribution in [0.1, 0.15) is 11.1 Å². The van der Waals surface area contributed by atoms with Crippen LogP contribution < -0.4 is 5.32 Å². The molecule has 2 rings (SSSR count). The van der Waals surface area contributed by atoms with Gasteiger partial charge in [-0.25, -0.2) is 8.78 Å². The second kappa shape index (κ2) is 8.60. The molecule has 0 aliphatic heterocycles. The summed E-state index contributed by atoms with van der Waals surface area (Å²) in [6.07, 6.45) is 1.48. The van der Waals surface area contributed by atoms with Crippen LogP contribution in [-0.4, -0.2) is 31.6 Å². The summed E-state index contributed by atoms with van der Waals surface area (Å²) in [5, 5.41) is 3.35. The number of hydrogen-bond donors (Lipinski definition) is 1. The molecule has 0 radical (unpaired) electrons. The lowest BCUT2D eigenvalue weighted by Crippen LogP contribution is -2.37. The minimum absolute atomic E-state index is 0.00522. The van der Waals surface area contributed by atoms with Crippen LogP contribution in [-0.2, 0) is 12.8 Å². The molecule has 1 atom stereocenters. The molecule has 24 heavy (non-hydrogen) atoms. The highest BCUT2D eigenvalue weighted by Gasteiger charge is 2.16. The zero-order valence-electron chi connectivity index (χ0n) is 14.2. The van der Waals surface area contributed by atoms with E-state index in [0.717, 1.165) is 24.2 Å². The molecule has 128 valence electrons. The molecule has 0 spiro atoms. The number of hydrogen-bond acceptors (Lipinski definition) is 2. The van der Waals surface area contributed by atoms with Gasteiger partial charge in [-0.2, -0.15) is 0 Å². The predicted molar refractivity (Wildman–Crippen MR) is 94.8 cm³/mol. The van der Waals surface area contributed by atoms with Gasteiger partial charge < -0.3 is 10.2 Å². The van der Waals surface area contributed by atoms with Crippen molar-refractivity contribution in [1.29, 1.82) is 0 Å². The van der Waals surface area contributed by atoms with Gasteiger partial charge in [0, 0.05) is 12.2 Å². The first-order chi connectivity index (χ1) is 11.5. The van der Waals surface area contributed by atoms with Crippen LogP contribution in [0.25, 0.3) is 0 Å². The molecule has 0 saturated heterocycles. The van der Waals surface area contributed by atoms with Crippen molar-refractivity contribution in [2.24, 2.45) is 0 Å². The van der Waals surface area contributed by atoms with Gasteiger partial charge in [0.2, 0.25) is 0 Å². The zero-order chi connectivity index (χ0) is 17.5. The molecular formula is C20H24F2N2. The van der Waals surface area contributed by atoms with Gasteiger partial charge >= 0.3 is 0 Å². The van der Waals surface area contributed by atoms with Gasteiger partial charge in [-0.1, -0.05) is 43.0 Å². The fraction of sp³-hybridized carbons (Fsp3) is 0.300. The van der Waals surface area contributed by atoms with Crippen LogP contribution in [0.2, 0.25) is 0 Å². The molecule has 0 saturated carbocycles. The Bertz CT molecular complexity index is 669. The number of likely N-dealkylation sites (N-methyl/N-ethyl adjacent to an activating group) is 1. The van der Waals surface area contributed by atoms with Crippen molar-refractivity contribution in [2.75, 3.05) is 20.6 Å². The highest BCUT2D eigenvalue weighted by atomic mass is 19.2. The van der Waals surface area contributed by atoms with Gasteiger partial charge in [0.05, 0.1) is 6.04 Å². The molecule has 0 aliphatic carbocycles. The van der Waals surface area contributed by atoms with Gasteiger partial charge in [-0.3, -0.25) is 0 Å². The molecule has 0 aromatic heterocycles. The summed E-state index contributed by atoms with van der Waals surface area (Å²) in [5.74, 6) is -1.63. The fourth-order valence-corrected chi connectivity index (χ4v) is 2.64. The van der Waals surface area contributed by atoms with E-state index in [0.29, 0.717) is 6.42 Å². The molecule has 2 aromatic carbocycles. The van der Waals surface area contributed by atoms with Crippen LogP contribution in [0.3, 0.4) is 0 Å². The smallest absolute Gasteiger partial charge is 0.159 e. The number of benzene rings is 2. The summed E-state index contributed by atoms with van der Waals surface area (Å²) in [5.41, 5.74) is 2.89. The molecular weight excluding hydrogens is 306 g/mol. The first-order valence-electron chi connectivity index (χ1n) is 8.04. The van der Waals surface area contributed by atoms with E-state index in [9.17, 15) is 8.78 Å². The van der Waals surface area contributed by atoms with Crippen molar-refractivity contribution in [3.05, 3.63) is 83.6 Å². The largest absolute Gasteiger partial charge is 0.387 e. The minimum Gasteiger partial charge on any atom is -0.387 e. The Morgan fingerprint density at radius 1 is 1.04 bits per heavy atom. The van der Waals surface area contributed by atoms with Crippen LogP contribution in [0.4, 0.5) is 8.78 Å². The molecule has 0 fully saturated rings. The molecule has 1 N–H and O–H groups in total. The Kier molecular flexibility index (Phi) is 6.50. The molecule has 2 aromatic rings. The van der Waals surface area contributed by atoms with Crippen molar-refractivity contribution in [1.82, 2.24) is 10.2 Å². The third-order valence-corrected chi connectivity index (χ3v) is 4.05. The quantitative estimate of drug-likeness (QED) is 0.792. The Labute approximate surface area is 142 Å². The van der Waals surface area contributed by atoms with Crippen LogP contribution in [0, 0.1) is 11.6 Å². The number of nitrogens with zero attached hydrogens (tertiary/aromatic N) is 1. The summed E-state index contributed by atoms with van der Waals surface area (Å²) in [7, 11) is 3.91. The van der Waals surface area contributed by atoms with E-state index >= 15 is 0 Å². The van der Waals surface area contributed by atoms with Crippen molar-refractivity contribution >= 4 is 0 Å². The van der Waals surface area contributed by atoms with Crippen molar-refractivity contribution in [2.45, 2.75) is 18.9 Å². The SMILES string of the molecule is C=C(NCCc1ccccc1)C(Cc1ccc(F)c(F)c1)N(C)C. The van der Waals surface area contributed by atoms with E-state index in [1.807, 2.05) is 37.2 Å². The van der Waals surface area contributed by atoms with Crippen molar-refractivity contribution in [3.8, 4) is 0 Å². The van der Waals surface area contributed by atoms with Crippen molar-refractivity contribution in [3.63, 3.8) is 0 Å². The second-order valence-electron chi connectivity index (χ2n) is 6.12. The first kappa shape index (κ1) is 18.1. The minimum atomic E-state index is -0.819. The van der Waals surface area contributed by atoms with Crippen LogP contribution >= 0.6 is 0 Å². The maximum absolute atomic E-state index is 13.4. The average Bonchev–Trinajstić information content (AvgIpc) is 2.56. The monoisotopic (exact) mass is 330 g/mol. The Morgan fingerprint density at radius 3 is 2.38 bits per heavy atom. The Morgan fingerprint density at radius 2 is 1.75 bits per heavy atom. The van der Waals surface area contributed by atoms with E-state index in [-0.39, 0.29) is 6.04 Å².